The largest absolute Gasteiger partial charge is 0.517 e. The lowest BCUT2D eigenvalue weighted by Gasteiger charge is -2.38. The molecule has 0 amide bonds. The lowest BCUT2D eigenvalue weighted by atomic mass is 10.4. The monoisotopic (exact) mass is 1350 g/mol. The molecule has 0 fully saturated rings. The van der Waals surface area contributed by atoms with E-state index in [1.165, 1.54) is 0 Å². The van der Waals surface area contributed by atoms with Crippen LogP contribution in [-0.2, 0) is 72.0 Å². The number of rotatable bonds is 30. The van der Waals surface area contributed by atoms with Gasteiger partial charge in [-0.3, -0.25) is 0 Å². The third-order valence-electron chi connectivity index (χ3n) is 8.39. The summed E-state index contributed by atoms with van der Waals surface area (Å²) in [4.78, 5) is 56.0. The van der Waals surface area contributed by atoms with Crippen LogP contribution in [0.25, 0.3) is 0 Å². The minimum absolute atomic E-state index is 0.229. The molecule has 0 saturated carbocycles. The number of hydrogen-bond donors (Lipinski definition) is 0. The van der Waals surface area contributed by atoms with Crippen molar-refractivity contribution in [1.82, 2.24) is 0 Å². The van der Waals surface area contributed by atoms with Crippen LogP contribution >= 0.6 is 0 Å². The summed E-state index contributed by atoms with van der Waals surface area (Å²) in [5.41, 5.74) is 2.22. The Bertz CT molecular complexity index is 1940. The van der Waals surface area contributed by atoms with Crippen LogP contribution < -0.4 is 0 Å². The average Bonchev–Trinajstić information content (AvgIpc) is 3.17. The third kappa shape index (κ3) is 61.3. The highest BCUT2D eigenvalue weighted by molar-refractivity contribution is 6.89. The van der Waals surface area contributed by atoms with Gasteiger partial charge in [-0.25, -0.2) is 24.0 Å². The molecule has 0 N–H and O–H groups in total. The van der Waals surface area contributed by atoms with E-state index in [4.69, 9.17) is 48.1 Å². The van der Waals surface area contributed by atoms with Gasteiger partial charge >= 0.3 is 55.5 Å². The first-order valence-corrected chi connectivity index (χ1v) is 63.4. The van der Waals surface area contributed by atoms with Crippen molar-refractivity contribution in [2.75, 3.05) is 25.7 Å². The molecule has 0 saturated heterocycles. The first kappa shape index (κ1) is 89.0. The van der Waals surface area contributed by atoms with Gasteiger partial charge in [-0.05, 0) is 217 Å². The first-order chi connectivity index (χ1) is 35.9. The van der Waals surface area contributed by atoms with Crippen molar-refractivity contribution in [3.63, 3.8) is 0 Å². The molecule has 0 unspecified atom stereocenters. The molecule has 82 heavy (non-hydrogen) atoms. The standard InChI is InChI=1S/2C14H32O4Si3.C12H28O4Si3.C8H16O2Si.C7H14O2Si/c2*1-13(2)14(15)16-11-10-12-21(9,17-19(3,4)5)18-20(6,7)8;1-11(2)12(13)14-10-19(9,15-17(3,4)5)16-18(6,7)8;1-7(2)8(9)10-6-11(3,4)5;1-6(2)7(8)9-10(3,4)5/h2*1,10-12H2,2-9H3;1,10H2,2-9H3;1,6H2,2-5H3;1H2,2-5H3. The van der Waals surface area contributed by atoms with Crippen LogP contribution in [0.3, 0.4) is 0 Å². The van der Waals surface area contributed by atoms with E-state index in [-0.39, 0.29) is 36.1 Å². The maximum Gasteiger partial charge on any atom is 0.353 e. The van der Waals surface area contributed by atoms with Gasteiger partial charge in [0.1, 0.15) is 6.23 Å². The molecular formula is C55H122O16Si11. The molecule has 0 aliphatic rings. The van der Waals surface area contributed by atoms with E-state index in [1.807, 2.05) is 26.2 Å². The number of carbonyl (C=O) groups excluding carboxylic acids is 5. The smallest absolute Gasteiger partial charge is 0.353 e. The Hall–Kier alpha value is -1.80. The lowest BCUT2D eigenvalue weighted by molar-refractivity contribution is -0.139. The predicted octanol–water partition coefficient (Wildman–Crippen LogP) is 15.9. The Morgan fingerprint density at radius 3 is 0.671 bits per heavy atom. The lowest BCUT2D eigenvalue weighted by Crippen LogP contribution is -2.56. The fourth-order valence-corrected chi connectivity index (χ4v) is 44.7. The van der Waals surface area contributed by atoms with Crippen molar-refractivity contribution in [2.24, 2.45) is 0 Å². The molecule has 0 heterocycles. The summed E-state index contributed by atoms with van der Waals surface area (Å²) in [7, 11) is -20.0. The second kappa shape index (κ2) is 37.8. The van der Waals surface area contributed by atoms with Gasteiger partial charge in [0.05, 0.1) is 27.5 Å². The van der Waals surface area contributed by atoms with Crippen LogP contribution in [0, 0.1) is 0 Å². The molecule has 0 aromatic rings. The summed E-state index contributed by atoms with van der Waals surface area (Å²) >= 11 is 0. The molecule has 27 heteroatoms. The molecule has 0 aromatic carbocycles. The van der Waals surface area contributed by atoms with E-state index < -0.39 is 92.0 Å². The van der Waals surface area contributed by atoms with Crippen molar-refractivity contribution in [3.8, 4) is 0 Å². The van der Waals surface area contributed by atoms with Crippen LogP contribution in [0.15, 0.2) is 60.8 Å². The highest BCUT2D eigenvalue weighted by atomic mass is 28.5. The van der Waals surface area contributed by atoms with Gasteiger partial charge in [0.15, 0.2) is 49.9 Å². The molecular weight excluding hydrogens is 1230 g/mol. The second-order valence-electron chi connectivity index (χ2n) is 29.3. The molecule has 16 nitrogen and oxygen atoms in total. The van der Waals surface area contributed by atoms with Crippen LogP contribution in [0.1, 0.15) is 47.5 Å². The Morgan fingerprint density at radius 1 is 0.280 bits per heavy atom. The number of hydrogen-bond acceptors (Lipinski definition) is 16. The number of esters is 4. The van der Waals surface area contributed by atoms with E-state index in [0.29, 0.717) is 47.3 Å². The molecule has 0 radical (unpaired) electrons. The molecule has 0 aromatic heterocycles. The topological polar surface area (TPSA) is 187 Å². The fourth-order valence-electron chi connectivity index (χ4n) is 6.66. The van der Waals surface area contributed by atoms with E-state index in [1.54, 1.807) is 34.6 Å². The van der Waals surface area contributed by atoms with Gasteiger partial charge in [-0.15, -0.1) is 0 Å². The van der Waals surface area contributed by atoms with Gasteiger partial charge < -0.3 is 48.1 Å². The van der Waals surface area contributed by atoms with Gasteiger partial charge in [0, 0.05) is 27.9 Å². The molecule has 0 atom stereocenters. The van der Waals surface area contributed by atoms with Crippen molar-refractivity contribution in [1.29, 1.82) is 0 Å². The predicted molar refractivity (Wildman–Crippen MR) is 371 cm³/mol. The minimum Gasteiger partial charge on any atom is -0.517 e. The Labute approximate surface area is 513 Å². The summed E-state index contributed by atoms with van der Waals surface area (Å²) in [6.07, 6.45) is 2.36. The van der Waals surface area contributed by atoms with E-state index in [2.05, 4.69) is 183 Å². The summed E-state index contributed by atoms with van der Waals surface area (Å²) < 4.78 is 63.7. The zero-order chi connectivity index (χ0) is 66.7. The maximum absolute atomic E-state index is 11.5. The fraction of sp³-hybridized carbons (Fsp3) is 0.727. The highest BCUT2D eigenvalue weighted by Crippen LogP contribution is 2.27. The summed E-state index contributed by atoms with van der Waals surface area (Å²) in [5, 5.41) is 0. The minimum atomic E-state index is -2.49. The first-order valence-electron chi connectivity index (χ1n) is 28.3. The molecule has 0 bridgehead atoms. The van der Waals surface area contributed by atoms with E-state index >= 15 is 0 Å². The van der Waals surface area contributed by atoms with Crippen LogP contribution in [-0.4, -0.2) is 147 Å². The van der Waals surface area contributed by atoms with Gasteiger partial charge in [0.2, 0.25) is 8.32 Å². The Balaban J connectivity index is -0.000000310. The van der Waals surface area contributed by atoms with Crippen molar-refractivity contribution >= 4 is 122 Å². The summed E-state index contributed by atoms with van der Waals surface area (Å²) in [5.74, 6) is -1.56. The SMILES string of the molecule is C=C(C)C(=O)OCCC[Si](C)(O[Si](C)(C)C)O[Si](C)(C)C.C=C(C)C(=O)OCCC[Si](C)(O[Si](C)(C)C)O[Si](C)(C)C.C=C(C)C(=O)OC[Si](C)(C)C.C=C(C)C(=O)OC[Si](C)(O[Si](C)(C)C)O[Si](C)(C)C.C=C(C)C(=O)O[Si](C)(C)C. The average molecular weight is 1350 g/mol. The maximum atomic E-state index is 11.5. The van der Waals surface area contributed by atoms with Crippen LogP contribution in [0.2, 0.25) is 189 Å². The molecule has 0 aliphatic heterocycles. The molecule has 0 aliphatic carbocycles. The third-order valence-corrected chi connectivity index (χ3v) is 38.5. The summed E-state index contributed by atoms with van der Waals surface area (Å²) in [6.45, 7) is 84.4. The second-order valence-corrected chi connectivity index (χ2v) is 77.5. The van der Waals surface area contributed by atoms with Crippen LogP contribution in [0.5, 0.6) is 0 Å². The molecule has 482 valence electrons. The van der Waals surface area contributed by atoms with Crippen molar-refractivity contribution in [2.45, 2.75) is 236 Å². The van der Waals surface area contributed by atoms with Gasteiger partial charge in [0.25, 0.3) is 0 Å². The van der Waals surface area contributed by atoms with Crippen LogP contribution in [0.4, 0.5) is 0 Å². The Morgan fingerprint density at radius 2 is 0.488 bits per heavy atom. The van der Waals surface area contributed by atoms with E-state index in [9.17, 15) is 24.0 Å². The molecule has 0 spiro atoms. The van der Waals surface area contributed by atoms with Crippen molar-refractivity contribution in [3.05, 3.63) is 60.8 Å². The normalized spacial score (nSPS) is 12.6. The zero-order valence-corrected chi connectivity index (χ0v) is 69.2. The summed E-state index contributed by atoms with van der Waals surface area (Å²) in [6, 6.07) is 1.70. The number of ether oxygens (including phenoxy) is 4. The number of carbonyl (C=O) groups is 5. The highest BCUT2D eigenvalue weighted by Gasteiger charge is 2.43. The van der Waals surface area contributed by atoms with Crippen molar-refractivity contribution < 1.29 is 72.0 Å². The van der Waals surface area contributed by atoms with E-state index in [0.717, 1.165) is 24.9 Å². The van der Waals surface area contributed by atoms with Gasteiger partial charge in [-0.1, -0.05) is 52.5 Å². The Kier molecular flexibility index (Phi) is 41.0. The quantitative estimate of drug-likeness (QED) is 0.0217. The molecule has 0 rings (SSSR count). The van der Waals surface area contributed by atoms with Gasteiger partial charge in [-0.2, -0.15) is 0 Å². The zero-order valence-electron chi connectivity index (χ0n) is 58.2.